The van der Waals surface area contributed by atoms with E-state index in [4.69, 9.17) is 21.1 Å². The summed E-state index contributed by atoms with van der Waals surface area (Å²) in [6, 6.07) is -6.15. The quantitative estimate of drug-likeness (QED) is 0.0976. The molecule has 0 saturated carbocycles. The number of rotatable bonds is 17. The first-order valence-corrected chi connectivity index (χ1v) is 10.8. The Bertz CT molecular complexity index is 997. The molecule has 0 aliphatic rings. The Morgan fingerprint density at radius 2 is 1.30 bits per heavy atom. The first kappa shape index (κ1) is 30.5. The van der Waals surface area contributed by atoms with Crippen LogP contribution in [0, 0.1) is 0 Å². The van der Waals surface area contributed by atoms with E-state index in [9.17, 15) is 38.7 Å². The van der Waals surface area contributed by atoms with Crippen LogP contribution >= 0.6 is 0 Å². The Hall–Kier alpha value is -4.54. The van der Waals surface area contributed by atoms with Crippen LogP contribution in [-0.2, 0) is 40.0 Å². The number of imidazole rings is 1. The Kier molecular flexibility index (Phi) is 12.2. The molecule has 1 aromatic rings. The summed E-state index contributed by atoms with van der Waals surface area (Å²) in [7, 11) is 0. The highest BCUT2D eigenvalue weighted by molar-refractivity contribution is 5.95. The zero-order chi connectivity index (χ0) is 28.1. The number of amides is 3. The van der Waals surface area contributed by atoms with Crippen LogP contribution < -0.4 is 21.7 Å². The van der Waals surface area contributed by atoms with Gasteiger partial charge in [0.2, 0.25) is 17.7 Å². The van der Waals surface area contributed by atoms with Gasteiger partial charge < -0.3 is 47.1 Å². The molecule has 1 heterocycles. The van der Waals surface area contributed by atoms with Gasteiger partial charge >= 0.3 is 23.9 Å². The van der Waals surface area contributed by atoms with Gasteiger partial charge in [-0.05, 0) is 12.8 Å². The average Bonchev–Trinajstić information content (AvgIpc) is 3.30. The van der Waals surface area contributed by atoms with Gasteiger partial charge in [0.05, 0.1) is 18.8 Å². The van der Waals surface area contributed by atoms with Crippen molar-refractivity contribution in [2.24, 2.45) is 5.73 Å². The summed E-state index contributed by atoms with van der Waals surface area (Å²) in [5.41, 5.74) is 5.82. The minimum Gasteiger partial charge on any atom is -0.481 e. The zero-order valence-corrected chi connectivity index (χ0v) is 19.4. The van der Waals surface area contributed by atoms with E-state index in [1.807, 2.05) is 0 Å². The van der Waals surface area contributed by atoms with Gasteiger partial charge in [0.15, 0.2) is 0 Å². The first-order chi connectivity index (χ1) is 17.3. The van der Waals surface area contributed by atoms with E-state index >= 15 is 0 Å². The summed E-state index contributed by atoms with van der Waals surface area (Å²) in [4.78, 5) is 88.6. The Morgan fingerprint density at radius 3 is 1.78 bits per heavy atom. The lowest BCUT2D eigenvalue weighted by Crippen LogP contribution is -2.57. The van der Waals surface area contributed by atoms with Gasteiger partial charge in [-0.2, -0.15) is 0 Å². The summed E-state index contributed by atoms with van der Waals surface area (Å²) >= 11 is 0. The number of nitrogens with one attached hydrogen (secondary N) is 4. The van der Waals surface area contributed by atoms with Crippen LogP contribution in [0.5, 0.6) is 0 Å². The lowest BCUT2D eigenvalue weighted by atomic mass is 10.1. The minimum atomic E-state index is -1.60. The molecule has 0 aliphatic heterocycles. The molecule has 3 amide bonds. The van der Waals surface area contributed by atoms with Crippen LogP contribution in [0.1, 0.15) is 37.8 Å². The van der Waals surface area contributed by atoms with Crippen molar-refractivity contribution in [1.29, 1.82) is 0 Å². The predicted octanol–water partition coefficient (Wildman–Crippen LogP) is -2.98. The lowest BCUT2D eigenvalue weighted by Gasteiger charge is -2.24. The number of carboxylic acid groups (broad SMARTS) is 4. The van der Waals surface area contributed by atoms with Crippen LogP contribution in [-0.4, -0.2) is 96.2 Å². The van der Waals surface area contributed by atoms with Crippen molar-refractivity contribution in [1.82, 2.24) is 25.9 Å². The highest BCUT2D eigenvalue weighted by Crippen LogP contribution is 2.06. The molecule has 0 fully saturated rings. The number of hydrogen-bond acceptors (Lipinski definition) is 9. The molecule has 37 heavy (non-hydrogen) atoms. The smallest absolute Gasteiger partial charge is 0.326 e. The largest absolute Gasteiger partial charge is 0.481 e. The topological polar surface area (TPSA) is 291 Å². The van der Waals surface area contributed by atoms with E-state index < -0.39 is 97.9 Å². The second-order valence-corrected chi connectivity index (χ2v) is 7.87. The monoisotopic (exact) mass is 528 g/mol. The second kappa shape index (κ2) is 14.8. The third-order valence-corrected chi connectivity index (χ3v) is 4.88. The third-order valence-electron chi connectivity index (χ3n) is 4.88. The maximum atomic E-state index is 12.9. The highest BCUT2D eigenvalue weighted by atomic mass is 16.4. The maximum Gasteiger partial charge on any atom is 0.326 e. The fourth-order valence-electron chi connectivity index (χ4n) is 2.99. The van der Waals surface area contributed by atoms with E-state index in [-0.39, 0.29) is 6.42 Å². The molecule has 1 rings (SSSR count). The molecule has 4 atom stereocenters. The van der Waals surface area contributed by atoms with Gasteiger partial charge in [-0.25, -0.2) is 9.78 Å². The van der Waals surface area contributed by atoms with Crippen molar-refractivity contribution in [3.63, 3.8) is 0 Å². The molecule has 0 aromatic carbocycles. The molecule has 17 heteroatoms. The molecular weight excluding hydrogens is 500 g/mol. The number of aromatic nitrogens is 2. The standard InChI is InChI=1S/C20H28N6O11/c21-10(6-16(31)32)17(33)24-11(1-3-14(27)28)18(34)26-13(5-9-7-22-8-23-9)19(35)25-12(20(36)37)2-4-15(29)30/h7-8,10-13H,1-6,21H2,(H,22,23)(H,24,33)(H,25,35)(H,26,34)(H,27,28)(H,29,30)(H,31,32)(H,36,37). The van der Waals surface area contributed by atoms with Gasteiger partial charge in [0.25, 0.3) is 0 Å². The van der Waals surface area contributed by atoms with Crippen molar-refractivity contribution in [2.75, 3.05) is 0 Å². The summed E-state index contributed by atoms with van der Waals surface area (Å²) in [5, 5.41) is 42.5. The number of aromatic amines is 1. The van der Waals surface area contributed by atoms with Crippen molar-refractivity contribution in [3.05, 3.63) is 18.2 Å². The van der Waals surface area contributed by atoms with Gasteiger partial charge in [-0.15, -0.1) is 0 Å². The summed E-state index contributed by atoms with van der Waals surface area (Å²) in [6.07, 6.45) is -0.437. The molecule has 10 N–H and O–H groups in total. The van der Waals surface area contributed by atoms with Gasteiger partial charge in [-0.3, -0.25) is 28.8 Å². The summed E-state index contributed by atoms with van der Waals surface area (Å²) in [6.45, 7) is 0. The normalized spacial score (nSPS) is 13.9. The van der Waals surface area contributed by atoms with Crippen LogP contribution in [0.15, 0.2) is 12.5 Å². The number of carboxylic acids is 4. The summed E-state index contributed by atoms with van der Waals surface area (Å²) < 4.78 is 0. The second-order valence-electron chi connectivity index (χ2n) is 7.87. The summed E-state index contributed by atoms with van der Waals surface area (Å²) in [5.74, 6) is -8.60. The number of carbonyl (C=O) groups is 7. The molecule has 1 aromatic heterocycles. The molecule has 0 bridgehead atoms. The van der Waals surface area contributed by atoms with Crippen LogP contribution in [0.2, 0.25) is 0 Å². The zero-order valence-electron chi connectivity index (χ0n) is 19.4. The van der Waals surface area contributed by atoms with Crippen molar-refractivity contribution < 1.29 is 54.0 Å². The first-order valence-electron chi connectivity index (χ1n) is 10.8. The predicted molar refractivity (Wildman–Crippen MR) is 120 cm³/mol. The molecule has 0 spiro atoms. The van der Waals surface area contributed by atoms with Gasteiger partial charge in [-0.1, -0.05) is 0 Å². The lowest BCUT2D eigenvalue weighted by molar-refractivity contribution is -0.143. The number of H-pyrrole nitrogens is 1. The van der Waals surface area contributed by atoms with Crippen molar-refractivity contribution >= 4 is 41.6 Å². The molecule has 0 aliphatic carbocycles. The molecule has 17 nitrogen and oxygen atoms in total. The van der Waals surface area contributed by atoms with E-state index in [1.165, 1.54) is 12.5 Å². The SMILES string of the molecule is NC(CC(=O)O)C(=O)NC(CCC(=O)O)C(=O)NC(Cc1cnc[nH]1)C(=O)NC(CCC(=O)O)C(=O)O. The highest BCUT2D eigenvalue weighted by Gasteiger charge is 2.31. The molecule has 0 saturated heterocycles. The van der Waals surface area contributed by atoms with Gasteiger partial charge in [0.1, 0.15) is 18.1 Å². The van der Waals surface area contributed by atoms with E-state index in [0.29, 0.717) is 5.69 Å². The maximum absolute atomic E-state index is 12.9. The van der Waals surface area contributed by atoms with Gasteiger partial charge in [0, 0.05) is 31.2 Å². The molecule has 0 radical (unpaired) electrons. The van der Waals surface area contributed by atoms with E-state index in [1.54, 1.807) is 0 Å². The van der Waals surface area contributed by atoms with Crippen LogP contribution in [0.25, 0.3) is 0 Å². The van der Waals surface area contributed by atoms with Crippen molar-refractivity contribution in [2.45, 2.75) is 62.7 Å². The number of carbonyl (C=O) groups excluding carboxylic acids is 3. The molecule has 204 valence electrons. The molecule has 4 unspecified atom stereocenters. The Labute approximate surface area is 208 Å². The number of hydrogen-bond donors (Lipinski definition) is 9. The molecular formula is C20H28N6O11. The third kappa shape index (κ3) is 11.6. The number of nitrogens with two attached hydrogens (primary N) is 1. The fourth-order valence-corrected chi connectivity index (χ4v) is 2.99. The van der Waals surface area contributed by atoms with Crippen LogP contribution in [0.3, 0.4) is 0 Å². The number of nitrogens with zero attached hydrogens (tertiary/aromatic N) is 1. The van der Waals surface area contributed by atoms with Crippen LogP contribution in [0.4, 0.5) is 0 Å². The number of aliphatic carboxylic acids is 4. The average molecular weight is 528 g/mol. The van der Waals surface area contributed by atoms with E-state index in [2.05, 4.69) is 25.9 Å². The van der Waals surface area contributed by atoms with Crippen molar-refractivity contribution in [3.8, 4) is 0 Å². The Balaban J connectivity index is 3.09. The minimum absolute atomic E-state index is 0.235. The Morgan fingerprint density at radius 1 is 0.784 bits per heavy atom. The fraction of sp³-hybridized carbons (Fsp3) is 0.500. The van der Waals surface area contributed by atoms with E-state index in [0.717, 1.165) is 0 Å².